The molecule has 4 heteroatoms. The minimum Gasteiger partial charge on any atom is -0.489 e. The van der Waals surface area contributed by atoms with Gasteiger partial charge in [0.25, 0.3) is 0 Å². The van der Waals surface area contributed by atoms with Crippen LogP contribution in [0, 0.1) is 0 Å². The molecule has 2 aliphatic rings. The summed E-state index contributed by atoms with van der Waals surface area (Å²) in [7, 11) is 0. The molecule has 2 aromatic rings. The molecule has 2 heterocycles. The van der Waals surface area contributed by atoms with E-state index >= 15 is 0 Å². The smallest absolute Gasteiger partial charge is 0.348 e. The van der Waals surface area contributed by atoms with E-state index in [1.165, 1.54) is 0 Å². The van der Waals surface area contributed by atoms with Gasteiger partial charge in [0.1, 0.15) is 12.4 Å². The molecule has 0 bridgehead atoms. The van der Waals surface area contributed by atoms with E-state index in [4.69, 9.17) is 4.74 Å². The number of benzene rings is 1. The zero-order valence-corrected chi connectivity index (χ0v) is 13.6. The standard InChI is InChI=1S/C20H18N2O2/c1-13(2)12-22-19-15-10-11-24-17(15)9-8-16(19)18(21-20(22)23)14-6-4-3-5-7-14/h3-7,9-10H,1,8,11-12H2,2H3. The summed E-state index contributed by atoms with van der Waals surface area (Å²) in [6.45, 7) is 6.89. The molecule has 0 saturated heterocycles. The molecule has 1 aromatic carbocycles. The Balaban J connectivity index is 2.02. The normalized spacial score (nSPS) is 15.0. The maximum absolute atomic E-state index is 12.7. The van der Waals surface area contributed by atoms with Crippen LogP contribution in [0.5, 0.6) is 0 Å². The third-order valence-corrected chi connectivity index (χ3v) is 4.29. The first-order valence-electron chi connectivity index (χ1n) is 8.02. The maximum atomic E-state index is 12.7. The molecule has 0 unspecified atom stereocenters. The fourth-order valence-corrected chi connectivity index (χ4v) is 3.32. The second kappa shape index (κ2) is 5.64. The van der Waals surface area contributed by atoms with Gasteiger partial charge in [-0.05, 0) is 25.5 Å². The molecule has 0 fully saturated rings. The van der Waals surface area contributed by atoms with Crippen molar-refractivity contribution in [3.05, 3.63) is 82.1 Å². The van der Waals surface area contributed by atoms with Crippen LogP contribution in [0.15, 0.2) is 65.2 Å². The summed E-state index contributed by atoms with van der Waals surface area (Å²) in [5.74, 6) is 0.863. The molecule has 0 spiro atoms. The molecule has 1 aromatic heterocycles. The molecule has 1 aliphatic heterocycles. The van der Waals surface area contributed by atoms with Crippen LogP contribution in [-0.2, 0) is 17.7 Å². The maximum Gasteiger partial charge on any atom is 0.348 e. The Morgan fingerprint density at radius 3 is 2.83 bits per heavy atom. The van der Waals surface area contributed by atoms with Crippen molar-refractivity contribution >= 4 is 5.57 Å². The zero-order chi connectivity index (χ0) is 16.7. The van der Waals surface area contributed by atoms with Crippen molar-refractivity contribution in [2.24, 2.45) is 0 Å². The highest BCUT2D eigenvalue weighted by Crippen LogP contribution is 2.38. The molecule has 1 aliphatic carbocycles. The summed E-state index contributed by atoms with van der Waals surface area (Å²) in [5.41, 5.74) is 5.39. The van der Waals surface area contributed by atoms with Gasteiger partial charge in [0.05, 0.1) is 11.4 Å². The monoisotopic (exact) mass is 318 g/mol. The summed E-state index contributed by atoms with van der Waals surface area (Å²) in [6.07, 6.45) is 4.81. The summed E-state index contributed by atoms with van der Waals surface area (Å²) in [6, 6.07) is 9.87. The van der Waals surface area contributed by atoms with E-state index in [0.29, 0.717) is 19.6 Å². The van der Waals surface area contributed by atoms with Gasteiger partial charge >= 0.3 is 5.69 Å². The van der Waals surface area contributed by atoms with Crippen LogP contribution in [0.4, 0.5) is 0 Å². The topological polar surface area (TPSA) is 44.1 Å². The van der Waals surface area contributed by atoms with Gasteiger partial charge in [-0.25, -0.2) is 4.79 Å². The van der Waals surface area contributed by atoms with Crippen molar-refractivity contribution in [3.63, 3.8) is 0 Å². The molecule has 0 amide bonds. The molecule has 4 nitrogen and oxygen atoms in total. The second-order valence-electron chi connectivity index (χ2n) is 6.18. The lowest BCUT2D eigenvalue weighted by Gasteiger charge is -2.23. The van der Waals surface area contributed by atoms with Crippen molar-refractivity contribution in [1.29, 1.82) is 0 Å². The van der Waals surface area contributed by atoms with Gasteiger partial charge in [-0.1, -0.05) is 42.5 Å². The molecule has 0 atom stereocenters. The number of aromatic nitrogens is 2. The SMILES string of the molecule is C=C(C)Cn1c2c(c(-c3ccccc3)nc1=O)CC=C1OCC=C12. The lowest BCUT2D eigenvalue weighted by Crippen LogP contribution is -2.30. The number of ether oxygens (including phenoxy) is 1. The van der Waals surface area contributed by atoms with Crippen molar-refractivity contribution < 1.29 is 4.74 Å². The second-order valence-corrected chi connectivity index (χ2v) is 6.18. The largest absolute Gasteiger partial charge is 0.489 e. The minimum absolute atomic E-state index is 0.246. The van der Waals surface area contributed by atoms with Crippen molar-refractivity contribution in [1.82, 2.24) is 9.55 Å². The number of allylic oxidation sites excluding steroid dienone is 3. The zero-order valence-electron chi connectivity index (χ0n) is 13.6. The van der Waals surface area contributed by atoms with Crippen molar-refractivity contribution in [2.45, 2.75) is 19.9 Å². The first kappa shape index (κ1) is 14.7. The van der Waals surface area contributed by atoms with E-state index < -0.39 is 0 Å². The molecule has 0 N–H and O–H groups in total. The van der Waals surface area contributed by atoms with Crippen LogP contribution in [0.25, 0.3) is 16.8 Å². The summed E-state index contributed by atoms with van der Waals surface area (Å²) in [5, 5.41) is 0. The van der Waals surface area contributed by atoms with Gasteiger partial charge in [-0.2, -0.15) is 4.98 Å². The number of hydrogen-bond acceptors (Lipinski definition) is 3. The fraction of sp³-hybridized carbons (Fsp3) is 0.200. The van der Waals surface area contributed by atoms with Crippen LogP contribution in [0.3, 0.4) is 0 Å². The molecule has 0 saturated carbocycles. The van der Waals surface area contributed by atoms with Gasteiger partial charge in [0.15, 0.2) is 0 Å². The lowest BCUT2D eigenvalue weighted by molar-refractivity contribution is 0.278. The van der Waals surface area contributed by atoms with Gasteiger partial charge in [0.2, 0.25) is 0 Å². The lowest BCUT2D eigenvalue weighted by atomic mass is 9.92. The first-order valence-corrected chi connectivity index (χ1v) is 8.02. The Morgan fingerprint density at radius 2 is 2.08 bits per heavy atom. The first-order chi connectivity index (χ1) is 11.6. The highest BCUT2D eigenvalue weighted by Gasteiger charge is 2.28. The van der Waals surface area contributed by atoms with Crippen molar-refractivity contribution in [2.75, 3.05) is 6.61 Å². The average Bonchev–Trinajstić information content (AvgIpc) is 3.06. The van der Waals surface area contributed by atoms with Crippen LogP contribution in [0.2, 0.25) is 0 Å². The molecular weight excluding hydrogens is 300 g/mol. The predicted molar refractivity (Wildman–Crippen MR) is 94.5 cm³/mol. The molecule has 4 rings (SSSR count). The van der Waals surface area contributed by atoms with E-state index in [-0.39, 0.29) is 5.69 Å². The third kappa shape index (κ3) is 2.31. The van der Waals surface area contributed by atoms with Gasteiger partial charge in [-0.15, -0.1) is 0 Å². The Kier molecular flexibility index (Phi) is 3.45. The van der Waals surface area contributed by atoms with E-state index in [2.05, 4.69) is 17.6 Å². The summed E-state index contributed by atoms with van der Waals surface area (Å²) >= 11 is 0. The van der Waals surface area contributed by atoms with Gasteiger partial charge < -0.3 is 4.74 Å². The summed E-state index contributed by atoms with van der Waals surface area (Å²) in [4.78, 5) is 17.1. The van der Waals surface area contributed by atoms with Crippen LogP contribution < -0.4 is 5.69 Å². The Hall–Kier alpha value is -2.88. The van der Waals surface area contributed by atoms with E-state index in [0.717, 1.165) is 39.4 Å². The Bertz CT molecular complexity index is 950. The van der Waals surface area contributed by atoms with Crippen molar-refractivity contribution in [3.8, 4) is 11.3 Å². The number of fused-ring (bicyclic) bond motifs is 3. The number of rotatable bonds is 3. The summed E-state index contributed by atoms with van der Waals surface area (Å²) < 4.78 is 7.39. The molecule has 0 radical (unpaired) electrons. The average molecular weight is 318 g/mol. The highest BCUT2D eigenvalue weighted by molar-refractivity contribution is 5.84. The molecule has 120 valence electrons. The highest BCUT2D eigenvalue weighted by atomic mass is 16.5. The van der Waals surface area contributed by atoms with E-state index in [9.17, 15) is 4.79 Å². The molecule has 24 heavy (non-hydrogen) atoms. The van der Waals surface area contributed by atoms with Gasteiger partial charge in [-0.3, -0.25) is 4.57 Å². The third-order valence-electron chi connectivity index (χ3n) is 4.29. The Labute approximate surface area is 140 Å². The van der Waals surface area contributed by atoms with Crippen LogP contribution >= 0.6 is 0 Å². The Morgan fingerprint density at radius 1 is 1.29 bits per heavy atom. The quantitative estimate of drug-likeness (QED) is 0.815. The minimum atomic E-state index is -0.246. The van der Waals surface area contributed by atoms with E-state index in [1.54, 1.807) is 4.57 Å². The number of hydrogen-bond donors (Lipinski definition) is 0. The van der Waals surface area contributed by atoms with Crippen LogP contribution in [-0.4, -0.2) is 16.2 Å². The predicted octanol–water partition coefficient (Wildman–Crippen LogP) is 3.34. The fourth-order valence-electron chi connectivity index (χ4n) is 3.32. The van der Waals surface area contributed by atoms with E-state index in [1.807, 2.05) is 43.3 Å². The van der Waals surface area contributed by atoms with Gasteiger partial charge in [0, 0.05) is 23.2 Å². The molecular formula is C20H18N2O2. The number of nitrogens with zero attached hydrogens (tertiary/aromatic N) is 2. The van der Waals surface area contributed by atoms with Crippen LogP contribution in [0.1, 0.15) is 18.2 Å².